The third-order valence-corrected chi connectivity index (χ3v) is 5.94. The minimum absolute atomic E-state index is 0.00705. The summed E-state index contributed by atoms with van der Waals surface area (Å²) < 4.78 is 1.19. The number of carbonyl (C=O) groups excluding carboxylic acids is 2. The Morgan fingerprint density at radius 2 is 1.62 bits per heavy atom. The van der Waals surface area contributed by atoms with Gasteiger partial charge in [0.15, 0.2) is 0 Å². The minimum atomic E-state index is -0.353. The van der Waals surface area contributed by atoms with Gasteiger partial charge in [-0.2, -0.15) is 0 Å². The molecule has 0 bridgehead atoms. The molecule has 2 aromatic heterocycles. The van der Waals surface area contributed by atoms with Gasteiger partial charge in [0.05, 0.1) is 22.2 Å². The topological polar surface area (TPSA) is 95.5 Å². The largest absolute Gasteiger partial charge is 0.339 e. The molecule has 0 saturated carbocycles. The summed E-state index contributed by atoms with van der Waals surface area (Å²) in [6, 6.07) is 10.3. The highest BCUT2D eigenvalue weighted by Gasteiger charge is 2.25. The predicted molar refractivity (Wildman–Crippen MR) is 110 cm³/mol. The van der Waals surface area contributed by atoms with Crippen LogP contribution in [0.1, 0.15) is 16.1 Å². The van der Waals surface area contributed by atoms with Crippen molar-refractivity contribution in [2.24, 2.45) is 0 Å². The lowest BCUT2D eigenvalue weighted by Gasteiger charge is -2.34. The number of nitrogens with one attached hydrogen (secondary N) is 1. The number of aromatic nitrogens is 2. The summed E-state index contributed by atoms with van der Waals surface area (Å²) in [6.45, 7) is 1.98. The molecule has 0 atom stereocenters. The molecule has 0 radical (unpaired) electrons. The van der Waals surface area contributed by atoms with Gasteiger partial charge in [-0.15, -0.1) is 11.3 Å². The molecule has 1 aliphatic rings. The molecule has 8 nitrogen and oxygen atoms in total. The van der Waals surface area contributed by atoms with Gasteiger partial charge in [0.25, 0.3) is 17.0 Å². The fraction of sp³-hybridized carbons (Fsp3) is 0.300. The first kappa shape index (κ1) is 19.1. The molecule has 2 amide bonds. The number of thiophene rings is 1. The average molecular weight is 412 g/mol. The van der Waals surface area contributed by atoms with E-state index >= 15 is 0 Å². The third-order valence-electron chi connectivity index (χ3n) is 5.08. The van der Waals surface area contributed by atoms with Crippen LogP contribution in [-0.4, -0.2) is 57.6 Å². The van der Waals surface area contributed by atoms with Crippen molar-refractivity contribution in [3.8, 4) is 0 Å². The summed E-state index contributed by atoms with van der Waals surface area (Å²) in [6.07, 6.45) is 0.104. The first-order valence-electron chi connectivity index (χ1n) is 9.37. The van der Waals surface area contributed by atoms with Crippen molar-refractivity contribution in [2.75, 3.05) is 26.2 Å². The van der Waals surface area contributed by atoms with E-state index in [0.717, 1.165) is 0 Å². The Morgan fingerprint density at radius 3 is 2.31 bits per heavy atom. The first-order valence-corrected chi connectivity index (χ1v) is 10.2. The van der Waals surface area contributed by atoms with Crippen LogP contribution < -0.4 is 11.1 Å². The number of fused-ring (bicyclic) bond motifs is 1. The fourth-order valence-corrected chi connectivity index (χ4v) is 4.18. The smallest absolute Gasteiger partial charge is 0.273 e. The van der Waals surface area contributed by atoms with Gasteiger partial charge >= 0.3 is 0 Å². The summed E-state index contributed by atoms with van der Waals surface area (Å²) in [5, 5.41) is 5.08. The Kier molecular flexibility index (Phi) is 5.30. The molecule has 0 unspecified atom stereocenters. The number of amides is 2. The van der Waals surface area contributed by atoms with Gasteiger partial charge < -0.3 is 9.80 Å². The summed E-state index contributed by atoms with van der Waals surface area (Å²) in [4.78, 5) is 53.8. The number of rotatable bonds is 4. The van der Waals surface area contributed by atoms with Gasteiger partial charge in [0.1, 0.15) is 0 Å². The highest BCUT2D eigenvalue weighted by molar-refractivity contribution is 7.12. The molecule has 0 aliphatic carbocycles. The van der Waals surface area contributed by atoms with Crippen LogP contribution in [0, 0.1) is 0 Å². The maximum absolute atomic E-state index is 12.6. The van der Waals surface area contributed by atoms with E-state index < -0.39 is 0 Å². The number of carbonyl (C=O) groups is 2. The van der Waals surface area contributed by atoms with Gasteiger partial charge in [-0.25, -0.2) is 4.68 Å². The van der Waals surface area contributed by atoms with Gasteiger partial charge in [-0.3, -0.25) is 24.3 Å². The Labute approximate surface area is 170 Å². The Morgan fingerprint density at radius 1 is 0.931 bits per heavy atom. The third kappa shape index (κ3) is 3.86. The Balaban J connectivity index is 1.37. The van der Waals surface area contributed by atoms with Crippen molar-refractivity contribution < 1.29 is 9.59 Å². The number of H-pyrrole nitrogens is 1. The maximum atomic E-state index is 12.6. The summed E-state index contributed by atoms with van der Waals surface area (Å²) in [7, 11) is 0. The van der Waals surface area contributed by atoms with E-state index in [1.54, 1.807) is 40.1 Å². The van der Waals surface area contributed by atoms with Gasteiger partial charge in [0.2, 0.25) is 5.91 Å². The molecule has 1 saturated heterocycles. The van der Waals surface area contributed by atoms with E-state index in [1.807, 2.05) is 11.4 Å². The molecule has 1 aromatic carbocycles. The van der Waals surface area contributed by atoms with Crippen molar-refractivity contribution in [3.05, 3.63) is 67.4 Å². The van der Waals surface area contributed by atoms with E-state index in [2.05, 4.69) is 5.10 Å². The minimum Gasteiger partial charge on any atom is -0.339 e. The second-order valence-corrected chi connectivity index (χ2v) is 7.79. The van der Waals surface area contributed by atoms with Crippen LogP contribution in [0.4, 0.5) is 0 Å². The Hall–Kier alpha value is -3.20. The first-order chi connectivity index (χ1) is 14.0. The molecule has 3 aromatic rings. The van der Waals surface area contributed by atoms with E-state index in [1.165, 1.54) is 16.0 Å². The molecule has 4 rings (SSSR count). The number of nitrogens with zero attached hydrogens (tertiary/aromatic N) is 3. The zero-order valence-electron chi connectivity index (χ0n) is 15.7. The number of aryl methyl sites for hydroxylation is 1. The molecular formula is C20H20N4O4S. The molecule has 9 heteroatoms. The molecule has 29 heavy (non-hydrogen) atoms. The maximum Gasteiger partial charge on any atom is 0.273 e. The number of hydrogen-bond donors (Lipinski definition) is 1. The quantitative estimate of drug-likeness (QED) is 0.695. The van der Waals surface area contributed by atoms with Crippen molar-refractivity contribution in [1.29, 1.82) is 0 Å². The normalized spacial score (nSPS) is 14.3. The van der Waals surface area contributed by atoms with E-state index in [-0.39, 0.29) is 35.9 Å². The van der Waals surface area contributed by atoms with Crippen LogP contribution in [0.3, 0.4) is 0 Å². The molecule has 3 heterocycles. The van der Waals surface area contributed by atoms with E-state index in [0.29, 0.717) is 41.8 Å². The standard InChI is InChI=1S/C20H20N4O4S/c25-17(22-9-11-23(12-10-22)20(28)16-6-3-13-29-16)7-8-24-19(27)15-5-2-1-4-14(15)18(26)21-24/h1-6,13H,7-12H2,(H,21,26). The zero-order valence-corrected chi connectivity index (χ0v) is 16.5. The molecule has 0 spiro atoms. The van der Waals surface area contributed by atoms with Crippen LogP contribution in [0.25, 0.3) is 10.8 Å². The second kappa shape index (κ2) is 8.04. The average Bonchev–Trinajstić information content (AvgIpc) is 3.29. The van der Waals surface area contributed by atoms with Gasteiger partial charge in [-0.1, -0.05) is 18.2 Å². The molecule has 150 valence electrons. The summed E-state index contributed by atoms with van der Waals surface area (Å²) in [5.41, 5.74) is -0.673. The van der Waals surface area contributed by atoms with Crippen LogP contribution >= 0.6 is 11.3 Å². The summed E-state index contributed by atoms with van der Waals surface area (Å²) in [5.74, 6) is -0.110. The lowest BCUT2D eigenvalue weighted by Crippen LogP contribution is -2.50. The van der Waals surface area contributed by atoms with E-state index in [4.69, 9.17) is 0 Å². The monoisotopic (exact) mass is 412 g/mol. The second-order valence-electron chi connectivity index (χ2n) is 6.84. The number of hydrogen-bond acceptors (Lipinski definition) is 5. The molecule has 1 fully saturated rings. The van der Waals surface area contributed by atoms with Crippen molar-refractivity contribution >= 4 is 33.9 Å². The van der Waals surface area contributed by atoms with E-state index in [9.17, 15) is 19.2 Å². The number of aromatic amines is 1. The van der Waals surface area contributed by atoms with Crippen LogP contribution in [0.2, 0.25) is 0 Å². The number of benzene rings is 1. The lowest BCUT2D eigenvalue weighted by atomic mass is 10.2. The zero-order chi connectivity index (χ0) is 20.4. The summed E-state index contributed by atoms with van der Waals surface area (Å²) >= 11 is 1.41. The highest BCUT2D eigenvalue weighted by atomic mass is 32.1. The van der Waals surface area contributed by atoms with Gasteiger partial charge in [0, 0.05) is 32.6 Å². The fourth-order valence-electron chi connectivity index (χ4n) is 3.48. The molecular weight excluding hydrogens is 392 g/mol. The Bertz CT molecular complexity index is 1160. The molecule has 1 aliphatic heterocycles. The predicted octanol–water partition coefficient (Wildman–Crippen LogP) is 1.13. The lowest BCUT2D eigenvalue weighted by molar-refractivity contribution is -0.132. The van der Waals surface area contributed by atoms with Crippen molar-refractivity contribution in [2.45, 2.75) is 13.0 Å². The van der Waals surface area contributed by atoms with Gasteiger partial charge in [-0.05, 0) is 23.6 Å². The van der Waals surface area contributed by atoms with Crippen LogP contribution in [0.5, 0.6) is 0 Å². The van der Waals surface area contributed by atoms with Crippen LogP contribution in [0.15, 0.2) is 51.4 Å². The number of piperazine rings is 1. The van der Waals surface area contributed by atoms with Crippen LogP contribution in [-0.2, 0) is 11.3 Å². The molecule has 1 N–H and O–H groups in total. The SMILES string of the molecule is O=C(CCn1[nH]c(=O)c2ccccc2c1=O)N1CCN(C(=O)c2cccs2)CC1. The highest BCUT2D eigenvalue weighted by Crippen LogP contribution is 2.14. The van der Waals surface area contributed by atoms with Crippen molar-refractivity contribution in [3.63, 3.8) is 0 Å². The van der Waals surface area contributed by atoms with Crippen molar-refractivity contribution in [1.82, 2.24) is 19.6 Å².